The zero-order chi connectivity index (χ0) is 33.5. The molecule has 0 aliphatic heterocycles. The molecule has 0 heterocycles. The molecule has 13 nitrogen and oxygen atoms in total. The molecule has 47 heavy (non-hydrogen) atoms. The van der Waals surface area contributed by atoms with Gasteiger partial charge in [0, 0.05) is 10.8 Å². The number of azo groups is 2. The Kier molecular flexibility index (Phi) is 7.90. The Morgan fingerprint density at radius 1 is 0.617 bits per heavy atom. The molecule has 0 unspecified atom stereocenters. The van der Waals surface area contributed by atoms with Crippen molar-refractivity contribution in [1.82, 2.24) is 0 Å². The van der Waals surface area contributed by atoms with Gasteiger partial charge in [-0.25, -0.2) is 16.8 Å². The Hall–Kier alpha value is -5.74. The highest BCUT2D eigenvalue weighted by molar-refractivity contribution is 7.86. The average Bonchev–Trinajstić information content (AvgIpc) is 3.03. The summed E-state index contributed by atoms with van der Waals surface area (Å²) in [6, 6.07) is 26.5. The first-order valence-electron chi connectivity index (χ1n) is 13.6. The van der Waals surface area contributed by atoms with E-state index < -0.39 is 35.8 Å². The molecule has 5 N–H and O–H groups in total. The highest BCUT2D eigenvalue weighted by Crippen LogP contribution is 2.41. The Morgan fingerprint density at radius 3 is 1.77 bits per heavy atom. The summed E-state index contributed by atoms with van der Waals surface area (Å²) >= 11 is 0. The van der Waals surface area contributed by atoms with Crippen molar-refractivity contribution >= 4 is 75.9 Å². The Morgan fingerprint density at radius 2 is 1.19 bits per heavy atom. The molecule has 0 aromatic heterocycles. The first kappa shape index (κ1) is 31.3. The molecular formula is C32H22N6O7S2-2. The molecule has 0 fully saturated rings. The van der Waals surface area contributed by atoms with E-state index in [1.165, 1.54) is 18.2 Å². The molecule has 0 aliphatic carbocycles. The van der Waals surface area contributed by atoms with E-state index in [9.17, 15) is 31.0 Å². The number of hydrogen-bond acceptors (Lipinski definition) is 13. The van der Waals surface area contributed by atoms with Crippen molar-refractivity contribution in [2.45, 2.75) is 9.79 Å². The number of nitrogen functional groups attached to an aromatic ring is 2. The summed E-state index contributed by atoms with van der Waals surface area (Å²) in [7, 11) is -9.58. The molecule has 0 radical (unpaired) electrons. The second-order valence-corrected chi connectivity index (χ2v) is 13.0. The summed E-state index contributed by atoms with van der Waals surface area (Å²) in [5, 5.41) is 28.1. The third-order valence-electron chi connectivity index (χ3n) is 7.27. The van der Waals surface area contributed by atoms with Crippen LogP contribution in [0.25, 0.3) is 32.7 Å². The number of phenols is 1. The molecular weight excluding hydrogens is 645 g/mol. The fraction of sp³-hybridized carbons (Fsp3) is 0. The zero-order valence-corrected chi connectivity index (χ0v) is 25.6. The number of aromatic hydroxyl groups is 1. The van der Waals surface area contributed by atoms with Gasteiger partial charge in [-0.2, -0.15) is 10.2 Å². The van der Waals surface area contributed by atoms with E-state index in [0.717, 1.165) is 29.3 Å². The largest absolute Gasteiger partial charge is 0.744 e. The smallest absolute Gasteiger partial charge is 0.126 e. The quantitative estimate of drug-likeness (QED) is 0.0888. The predicted molar refractivity (Wildman–Crippen MR) is 175 cm³/mol. The Labute approximate surface area is 268 Å². The van der Waals surface area contributed by atoms with Gasteiger partial charge in [0.05, 0.1) is 37.9 Å². The van der Waals surface area contributed by atoms with Crippen LogP contribution in [0.2, 0.25) is 0 Å². The SMILES string of the molecule is Nc1ccc2cc(S(=O)(=O)[O-])cc(O)c2c1N=Nc1ccc(-c2ccc(N=Nc3cc(S(=O)(=O)[O-])c4ccccc4c3N)cc2)cc1. The third-order valence-corrected chi connectivity index (χ3v) is 8.95. The van der Waals surface area contributed by atoms with E-state index in [-0.39, 0.29) is 38.9 Å². The van der Waals surface area contributed by atoms with Gasteiger partial charge in [-0.15, -0.1) is 10.2 Å². The summed E-state index contributed by atoms with van der Waals surface area (Å²) in [6.45, 7) is 0. The van der Waals surface area contributed by atoms with E-state index in [1.807, 2.05) is 0 Å². The van der Waals surface area contributed by atoms with Gasteiger partial charge in [0.1, 0.15) is 37.4 Å². The topological polar surface area (TPSA) is 236 Å². The first-order chi connectivity index (χ1) is 22.3. The van der Waals surface area contributed by atoms with Gasteiger partial charge < -0.3 is 25.7 Å². The van der Waals surface area contributed by atoms with E-state index in [0.29, 0.717) is 16.8 Å². The number of nitrogens with zero attached hydrogens (tertiary/aromatic N) is 4. The Bertz CT molecular complexity index is 2480. The normalized spacial score (nSPS) is 12.5. The van der Waals surface area contributed by atoms with Crippen molar-refractivity contribution < 1.29 is 31.0 Å². The van der Waals surface area contributed by atoms with Gasteiger partial charge in [0.15, 0.2) is 0 Å². The monoisotopic (exact) mass is 666 g/mol. The predicted octanol–water partition coefficient (Wildman–Crippen LogP) is 7.17. The van der Waals surface area contributed by atoms with Crippen LogP contribution in [0.3, 0.4) is 0 Å². The lowest BCUT2D eigenvalue weighted by Gasteiger charge is -2.13. The molecule has 6 rings (SSSR count). The van der Waals surface area contributed by atoms with Crippen LogP contribution < -0.4 is 11.5 Å². The van der Waals surface area contributed by atoms with Gasteiger partial charge in [0.2, 0.25) is 0 Å². The Balaban J connectivity index is 1.22. The van der Waals surface area contributed by atoms with Crippen molar-refractivity contribution in [1.29, 1.82) is 0 Å². The van der Waals surface area contributed by atoms with Crippen LogP contribution in [-0.2, 0) is 20.2 Å². The third kappa shape index (κ3) is 6.36. The molecule has 236 valence electrons. The van der Waals surface area contributed by atoms with Crippen LogP contribution in [0.4, 0.5) is 34.1 Å². The van der Waals surface area contributed by atoms with Crippen LogP contribution in [0.1, 0.15) is 0 Å². The van der Waals surface area contributed by atoms with E-state index in [2.05, 4.69) is 20.5 Å². The number of fused-ring (bicyclic) bond motifs is 2. The van der Waals surface area contributed by atoms with Gasteiger partial charge in [-0.05, 0) is 65.0 Å². The van der Waals surface area contributed by atoms with Crippen molar-refractivity contribution in [2.24, 2.45) is 20.5 Å². The number of benzene rings is 6. The van der Waals surface area contributed by atoms with E-state index in [4.69, 9.17) is 11.5 Å². The molecule has 0 atom stereocenters. The van der Waals surface area contributed by atoms with Gasteiger partial charge >= 0.3 is 0 Å². The standard InChI is InChI=1S/C32H24N6O7S2/c33-26-14-9-20-15-23(46(40,41)42)16-28(39)30(20)32(26)38-36-22-12-7-19(8-13-22)18-5-10-21(11-6-18)35-37-27-17-29(47(43,44)45)24-3-1-2-4-25(24)31(27)34/h1-17,39H,33-34H2,(H,40,41,42)(H,43,44,45)/p-2. The van der Waals surface area contributed by atoms with Crippen LogP contribution in [0.5, 0.6) is 5.75 Å². The number of hydrogen-bond donors (Lipinski definition) is 3. The molecule has 0 saturated carbocycles. The lowest BCUT2D eigenvalue weighted by atomic mass is 10.1. The van der Waals surface area contributed by atoms with Crippen LogP contribution >= 0.6 is 0 Å². The maximum atomic E-state index is 11.9. The van der Waals surface area contributed by atoms with E-state index >= 15 is 0 Å². The highest BCUT2D eigenvalue weighted by atomic mass is 32.2. The lowest BCUT2D eigenvalue weighted by Crippen LogP contribution is -2.01. The number of anilines is 2. The van der Waals surface area contributed by atoms with Crippen molar-refractivity contribution in [3.8, 4) is 16.9 Å². The number of phenolic OH excluding ortho intramolecular Hbond substituents is 1. The molecule has 0 saturated heterocycles. The van der Waals surface area contributed by atoms with E-state index in [1.54, 1.807) is 66.7 Å². The van der Waals surface area contributed by atoms with Gasteiger partial charge in [0.25, 0.3) is 0 Å². The second-order valence-electron chi connectivity index (χ2n) is 10.3. The van der Waals surface area contributed by atoms with Gasteiger partial charge in [-0.1, -0.05) is 54.6 Å². The molecule has 6 aromatic carbocycles. The van der Waals surface area contributed by atoms with Crippen molar-refractivity contribution in [3.05, 3.63) is 103 Å². The second kappa shape index (κ2) is 11.9. The number of rotatable bonds is 7. The molecule has 0 amide bonds. The summed E-state index contributed by atoms with van der Waals surface area (Å²) in [6.07, 6.45) is 0. The fourth-order valence-electron chi connectivity index (χ4n) is 4.97. The molecule has 0 bridgehead atoms. The minimum atomic E-state index is -4.79. The molecule has 6 aromatic rings. The lowest BCUT2D eigenvalue weighted by molar-refractivity contribution is 0.457. The summed E-state index contributed by atoms with van der Waals surface area (Å²) < 4.78 is 69.9. The maximum absolute atomic E-state index is 11.9. The van der Waals surface area contributed by atoms with Crippen LogP contribution in [0.15, 0.2) is 133 Å². The van der Waals surface area contributed by atoms with Crippen molar-refractivity contribution in [3.63, 3.8) is 0 Å². The summed E-state index contributed by atoms with van der Waals surface area (Å²) in [5.74, 6) is -0.475. The maximum Gasteiger partial charge on any atom is 0.126 e. The first-order valence-corrected chi connectivity index (χ1v) is 16.4. The average molecular weight is 667 g/mol. The molecule has 0 spiro atoms. The highest BCUT2D eigenvalue weighted by Gasteiger charge is 2.15. The van der Waals surface area contributed by atoms with Crippen LogP contribution in [-0.4, -0.2) is 31.0 Å². The van der Waals surface area contributed by atoms with Crippen molar-refractivity contribution in [2.75, 3.05) is 11.5 Å². The van der Waals surface area contributed by atoms with Gasteiger partial charge in [-0.3, -0.25) is 0 Å². The summed E-state index contributed by atoms with van der Waals surface area (Å²) in [5.41, 5.74) is 15.4. The van der Waals surface area contributed by atoms with Crippen LogP contribution in [0, 0.1) is 0 Å². The fourth-order valence-corrected chi connectivity index (χ4v) is 6.20. The minimum absolute atomic E-state index is 0.0487. The molecule has 15 heteroatoms. The molecule has 0 aliphatic rings. The minimum Gasteiger partial charge on any atom is -0.744 e. The number of nitrogens with two attached hydrogens (primary N) is 2. The zero-order valence-electron chi connectivity index (χ0n) is 24.0. The summed E-state index contributed by atoms with van der Waals surface area (Å²) in [4.78, 5) is -1.01.